The van der Waals surface area contributed by atoms with Crippen LogP contribution in [0, 0.1) is 11.8 Å². The fourth-order valence-corrected chi connectivity index (χ4v) is 15.7. The number of aromatic nitrogens is 3. The van der Waals surface area contributed by atoms with Crippen LogP contribution in [0.1, 0.15) is 103 Å². The molecule has 4 aromatic rings. The SMILES string of the molecule is C=C1C=CC=C2B3C4CCNC5C6=C(C(c7ccccc7)CC7CCCCC67)N(C6CC(c7ncccn7)CC(C36)n3c2c1c1c3N(c2ccccc2)C2NCCNC12)C45. The third kappa shape index (κ3) is 4.64. The minimum atomic E-state index is 0.127. The van der Waals surface area contributed by atoms with Gasteiger partial charge in [-0.05, 0) is 103 Å². The van der Waals surface area contributed by atoms with Crippen LogP contribution in [0.3, 0.4) is 0 Å². The second kappa shape index (κ2) is 13.2. The maximum Gasteiger partial charge on any atom is 0.191 e. The largest absolute Gasteiger partial charge is 0.367 e. The molecule has 3 saturated heterocycles. The van der Waals surface area contributed by atoms with E-state index in [1.807, 2.05) is 24.0 Å². The predicted octanol–water partition coefficient (Wildman–Crippen LogP) is 8.54. The molecule has 8 heterocycles. The third-order valence-corrected chi connectivity index (χ3v) is 17.4. The van der Waals surface area contributed by atoms with E-state index >= 15 is 0 Å². The highest BCUT2D eigenvalue weighted by Crippen LogP contribution is 2.69. The van der Waals surface area contributed by atoms with Crippen molar-refractivity contribution in [1.82, 2.24) is 35.4 Å². The zero-order valence-electron chi connectivity index (χ0n) is 34.5. The van der Waals surface area contributed by atoms with Crippen molar-refractivity contribution in [2.75, 3.05) is 24.5 Å². The first-order valence-electron chi connectivity index (χ1n) is 23.5. The summed E-state index contributed by atoms with van der Waals surface area (Å²) < 4.78 is 2.91. The molecule has 2 saturated carbocycles. The lowest BCUT2D eigenvalue weighted by Crippen LogP contribution is -2.67. The number of allylic oxidation sites excluding steroid dienone is 5. The van der Waals surface area contributed by atoms with Gasteiger partial charge in [0, 0.05) is 83.6 Å². The van der Waals surface area contributed by atoms with Gasteiger partial charge in [0.05, 0.1) is 12.1 Å². The lowest BCUT2D eigenvalue weighted by atomic mass is 9.22. The van der Waals surface area contributed by atoms with Crippen LogP contribution in [0.25, 0.3) is 11.0 Å². The third-order valence-electron chi connectivity index (χ3n) is 17.4. The summed E-state index contributed by atoms with van der Waals surface area (Å²) in [5, 5.41) is 12.4. The van der Waals surface area contributed by atoms with Crippen molar-refractivity contribution in [2.24, 2.45) is 11.8 Å². The Morgan fingerprint density at radius 2 is 1.57 bits per heavy atom. The Kier molecular flexibility index (Phi) is 7.66. The second-order valence-electron chi connectivity index (χ2n) is 19.9. The molecule has 12 atom stereocenters. The first kappa shape index (κ1) is 35.0. The van der Waals surface area contributed by atoms with Crippen molar-refractivity contribution in [3.63, 3.8) is 0 Å². The molecular formula is C51H55BN8. The van der Waals surface area contributed by atoms with Gasteiger partial charge in [-0.1, -0.05) is 91.7 Å². The van der Waals surface area contributed by atoms with E-state index in [4.69, 9.17) is 16.5 Å². The Bertz CT molecular complexity index is 2490. The van der Waals surface area contributed by atoms with Crippen molar-refractivity contribution in [1.29, 1.82) is 0 Å². The Hall–Kier alpha value is -4.70. The molecule has 60 heavy (non-hydrogen) atoms. The van der Waals surface area contributed by atoms with Gasteiger partial charge in [0.2, 0.25) is 0 Å². The van der Waals surface area contributed by atoms with E-state index in [9.17, 15) is 0 Å². The molecule has 12 unspecified atom stereocenters. The van der Waals surface area contributed by atoms with Gasteiger partial charge >= 0.3 is 0 Å². The van der Waals surface area contributed by atoms with Gasteiger partial charge in [-0.3, -0.25) is 5.32 Å². The van der Waals surface area contributed by atoms with Crippen LogP contribution in [0.5, 0.6) is 0 Å². The Balaban J connectivity index is 1.03. The Morgan fingerprint density at radius 1 is 0.783 bits per heavy atom. The maximum absolute atomic E-state index is 5.08. The number of benzene rings is 2. The molecule has 0 radical (unpaired) electrons. The van der Waals surface area contributed by atoms with Gasteiger partial charge < -0.3 is 25.0 Å². The van der Waals surface area contributed by atoms with E-state index in [1.54, 1.807) is 11.2 Å². The van der Waals surface area contributed by atoms with Crippen LogP contribution in [-0.4, -0.2) is 70.1 Å². The standard InChI is InChI=1S/C51H55BN8/c1-29-12-10-19-36-47-40(29)42-45-50(57-25-24-54-45)58(33-16-6-3-7-17-33)51(42)60(47)39-28-32(49-55-21-11-22-56-49)27-38-43(39)52(36)37-20-23-53-44-41-34-18-9-8-15-31(34)26-35(30-13-4-2-5-14-30)46(41)59(38)48(37)44/h2-7,10-14,16-17,19,21-22,31-32,34-35,37-39,43-45,48,50,53-54,57H,1,8-9,15,18,20,23-28H2. The number of piperazine rings is 1. The monoisotopic (exact) mass is 790 g/mol. The molecule has 9 heteroatoms. The van der Waals surface area contributed by atoms with Gasteiger partial charge in [0.1, 0.15) is 17.8 Å². The van der Waals surface area contributed by atoms with Crippen LogP contribution < -0.4 is 20.9 Å². The molecule has 0 spiro atoms. The molecule has 0 amide bonds. The summed E-state index contributed by atoms with van der Waals surface area (Å²) >= 11 is 0. The summed E-state index contributed by atoms with van der Waals surface area (Å²) in [7, 11) is 0. The van der Waals surface area contributed by atoms with Gasteiger partial charge in [0.25, 0.3) is 0 Å². The maximum atomic E-state index is 5.08. The fourth-order valence-electron chi connectivity index (χ4n) is 15.7. The fraction of sp³-hybridized carbons (Fsp3) is 0.451. The number of nitrogens with one attached hydrogen (secondary N) is 3. The number of para-hydroxylation sites is 1. The highest BCUT2D eigenvalue weighted by atomic mass is 15.4. The van der Waals surface area contributed by atoms with Crippen molar-refractivity contribution >= 4 is 29.3 Å². The van der Waals surface area contributed by atoms with E-state index in [1.165, 1.54) is 72.4 Å². The highest BCUT2D eigenvalue weighted by Gasteiger charge is 2.67. The lowest BCUT2D eigenvalue weighted by molar-refractivity contribution is 0.0739. The summed E-state index contributed by atoms with van der Waals surface area (Å²) in [6, 6.07) is 26.6. The zero-order valence-corrected chi connectivity index (χ0v) is 34.5. The van der Waals surface area contributed by atoms with Crippen LogP contribution in [0.4, 0.5) is 11.5 Å². The molecule has 4 aliphatic carbocycles. The molecule has 0 bridgehead atoms. The van der Waals surface area contributed by atoms with Crippen molar-refractivity contribution in [3.8, 4) is 0 Å². The average Bonchev–Trinajstić information content (AvgIpc) is 3.92. The number of fused-ring (bicyclic) bond motifs is 13. The van der Waals surface area contributed by atoms with E-state index in [0.29, 0.717) is 48.3 Å². The van der Waals surface area contributed by atoms with Crippen LogP contribution >= 0.6 is 0 Å². The number of anilines is 2. The van der Waals surface area contributed by atoms with E-state index < -0.39 is 0 Å². The molecule has 3 N–H and O–H groups in total. The zero-order chi connectivity index (χ0) is 39.2. The smallest absolute Gasteiger partial charge is 0.191 e. The van der Waals surface area contributed by atoms with Gasteiger partial charge in [-0.25, -0.2) is 9.97 Å². The number of hydrogen-bond acceptors (Lipinski definition) is 7. The quantitative estimate of drug-likeness (QED) is 0.180. The Labute approximate surface area is 354 Å². The predicted molar refractivity (Wildman–Crippen MR) is 240 cm³/mol. The molecule has 10 aliphatic rings. The normalized spacial score (nSPS) is 36.6. The molecule has 5 fully saturated rings. The number of piperidine rings is 1. The lowest BCUT2D eigenvalue weighted by Gasteiger charge is -2.62. The minimum Gasteiger partial charge on any atom is -0.367 e. The van der Waals surface area contributed by atoms with E-state index in [-0.39, 0.29) is 24.2 Å². The van der Waals surface area contributed by atoms with Crippen LogP contribution in [0.15, 0.2) is 115 Å². The molecule has 2 aromatic carbocycles. The summed E-state index contributed by atoms with van der Waals surface area (Å²) in [5.74, 6) is 5.59. The summed E-state index contributed by atoms with van der Waals surface area (Å²) in [5.41, 5.74) is 13.3. The molecular weight excluding hydrogens is 735 g/mol. The van der Waals surface area contributed by atoms with Crippen LogP contribution in [-0.2, 0) is 0 Å². The molecule has 14 rings (SSSR count). The van der Waals surface area contributed by atoms with Crippen molar-refractivity contribution in [2.45, 2.75) is 111 Å². The van der Waals surface area contributed by atoms with Gasteiger partial charge in [-0.15, -0.1) is 0 Å². The van der Waals surface area contributed by atoms with Crippen molar-refractivity contribution in [3.05, 3.63) is 143 Å². The summed E-state index contributed by atoms with van der Waals surface area (Å²) in [4.78, 5) is 16.0. The number of hydrogen-bond donors (Lipinski definition) is 3. The van der Waals surface area contributed by atoms with Crippen molar-refractivity contribution < 1.29 is 0 Å². The first-order valence-corrected chi connectivity index (χ1v) is 23.5. The van der Waals surface area contributed by atoms with Gasteiger partial charge in [-0.2, -0.15) is 0 Å². The topological polar surface area (TPSA) is 73.3 Å². The molecule has 2 aromatic heterocycles. The molecule has 6 aliphatic heterocycles. The number of rotatable bonds is 3. The molecule has 8 nitrogen and oxygen atoms in total. The van der Waals surface area contributed by atoms with Crippen LogP contribution in [0.2, 0.25) is 11.6 Å². The first-order chi connectivity index (χ1) is 29.7. The minimum absolute atomic E-state index is 0.127. The van der Waals surface area contributed by atoms with E-state index in [0.717, 1.165) is 49.8 Å². The van der Waals surface area contributed by atoms with E-state index in [2.05, 4.69) is 109 Å². The highest BCUT2D eigenvalue weighted by molar-refractivity contribution is 6.82. The molecule has 302 valence electrons. The second-order valence-corrected chi connectivity index (χ2v) is 19.9. The summed E-state index contributed by atoms with van der Waals surface area (Å²) in [6.07, 6.45) is 21.5. The van der Waals surface area contributed by atoms with Gasteiger partial charge in [0.15, 0.2) is 6.71 Å². The summed E-state index contributed by atoms with van der Waals surface area (Å²) in [6.45, 7) is 8.35. The number of nitrogens with zero attached hydrogens (tertiary/aromatic N) is 5. The Morgan fingerprint density at radius 3 is 2.43 bits per heavy atom. The average molecular weight is 791 g/mol.